The number of anilines is 3. The Balaban J connectivity index is 1.33. The average molecular weight is 350 g/mol. The van der Waals surface area contributed by atoms with Crippen LogP contribution in [0.1, 0.15) is 24.8 Å². The minimum absolute atomic E-state index is 0.114. The number of pyridine rings is 1. The van der Waals surface area contributed by atoms with Gasteiger partial charge in [-0.2, -0.15) is 0 Å². The minimum atomic E-state index is 0.114. The van der Waals surface area contributed by atoms with Crippen LogP contribution in [0.25, 0.3) is 0 Å². The number of benzene rings is 1. The van der Waals surface area contributed by atoms with E-state index in [1.54, 1.807) is 0 Å². The molecule has 2 aromatic rings. The van der Waals surface area contributed by atoms with Gasteiger partial charge in [-0.05, 0) is 49.6 Å². The topological polar surface area (TPSA) is 48.5 Å². The predicted octanol–water partition coefficient (Wildman–Crippen LogP) is 3.46. The van der Waals surface area contributed by atoms with Crippen molar-refractivity contribution in [2.75, 3.05) is 41.3 Å². The van der Waals surface area contributed by atoms with Crippen LogP contribution in [0.5, 0.6) is 0 Å². The molecular weight excluding hydrogens is 324 g/mol. The molecule has 0 atom stereocenters. The van der Waals surface area contributed by atoms with E-state index in [0.717, 1.165) is 44.7 Å². The summed E-state index contributed by atoms with van der Waals surface area (Å²) in [6.45, 7) is 6.09. The quantitative estimate of drug-likeness (QED) is 0.917. The molecule has 1 aliphatic carbocycles. The monoisotopic (exact) mass is 350 g/mol. The van der Waals surface area contributed by atoms with Gasteiger partial charge in [0.2, 0.25) is 5.91 Å². The van der Waals surface area contributed by atoms with Gasteiger partial charge in [-0.15, -0.1) is 0 Å². The molecule has 1 amide bonds. The number of rotatable bonds is 4. The van der Waals surface area contributed by atoms with Crippen LogP contribution < -0.4 is 15.1 Å². The van der Waals surface area contributed by atoms with E-state index in [9.17, 15) is 4.79 Å². The average Bonchev–Trinajstić information content (AvgIpc) is 2.61. The van der Waals surface area contributed by atoms with Crippen molar-refractivity contribution >= 4 is 23.1 Å². The number of amides is 1. The van der Waals surface area contributed by atoms with Crippen LogP contribution in [0.15, 0.2) is 42.6 Å². The van der Waals surface area contributed by atoms with Gasteiger partial charge in [-0.3, -0.25) is 4.79 Å². The summed E-state index contributed by atoms with van der Waals surface area (Å²) >= 11 is 0. The number of carbonyl (C=O) groups is 1. The fourth-order valence-electron chi connectivity index (χ4n) is 3.59. The Morgan fingerprint density at radius 3 is 2.35 bits per heavy atom. The summed E-state index contributed by atoms with van der Waals surface area (Å²) in [6, 6.07) is 12.7. The van der Waals surface area contributed by atoms with E-state index in [0.29, 0.717) is 5.82 Å². The molecule has 0 spiro atoms. The van der Waals surface area contributed by atoms with Crippen molar-refractivity contribution in [3.63, 3.8) is 0 Å². The summed E-state index contributed by atoms with van der Waals surface area (Å²) in [5.74, 6) is 0.957. The Hall–Kier alpha value is -2.56. The molecule has 1 aliphatic heterocycles. The SMILES string of the molecule is Cc1cccc(N2CCN(c3ccc(NC(=O)C4CCC4)nc3)CC2)c1. The van der Waals surface area contributed by atoms with Crippen molar-refractivity contribution in [1.82, 2.24) is 4.98 Å². The summed E-state index contributed by atoms with van der Waals surface area (Å²) in [5, 5.41) is 2.93. The fraction of sp³-hybridized carbons (Fsp3) is 0.429. The molecule has 0 unspecified atom stereocenters. The smallest absolute Gasteiger partial charge is 0.228 e. The first kappa shape index (κ1) is 16.9. The number of hydrogen-bond donors (Lipinski definition) is 1. The lowest BCUT2D eigenvalue weighted by molar-refractivity contribution is -0.122. The normalized spacial score (nSPS) is 17.7. The first-order chi connectivity index (χ1) is 12.7. The van der Waals surface area contributed by atoms with Gasteiger partial charge in [0.15, 0.2) is 0 Å². The maximum Gasteiger partial charge on any atom is 0.228 e. The Morgan fingerprint density at radius 1 is 1.04 bits per heavy atom. The van der Waals surface area contributed by atoms with Crippen LogP contribution in [0.3, 0.4) is 0 Å². The molecule has 26 heavy (non-hydrogen) atoms. The number of piperazine rings is 1. The van der Waals surface area contributed by atoms with E-state index in [1.165, 1.54) is 17.7 Å². The molecule has 2 fully saturated rings. The third kappa shape index (κ3) is 3.66. The highest BCUT2D eigenvalue weighted by Gasteiger charge is 2.25. The molecule has 5 nitrogen and oxygen atoms in total. The zero-order valence-corrected chi connectivity index (χ0v) is 15.3. The van der Waals surface area contributed by atoms with E-state index >= 15 is 0 Å². The molecule has 1 aromatic carbocycles. The molecule has 136 valence electrons. The third-order valence-corrected chi connectivity index (χ3v) is 5.49. The van der Waals surface area contributed by atoms with Gasteiger partial charge >= 0.3 is 0 Å². The lowest BCUT2D eigenvalue weighted by atomic mass is 9.85. The Bertz CT molecular complexity index is 762. The zero-order valence-electron chi connectivity index (χ0n) is 15.3. The second kappa shape index (κ2) is 7.36. The molecule has 5 heteroatoms. The van der Waals surface area contributed by atoms with E-state index in [4.69, 9.17) is 0 Å². The van der Waals surface area contributed by atoms with Gasteiger partial charge in [0.25, 0.3) is 0 Å². The highest BCUT2D eigenvalue weighted by Crippen LogP contribution is 2.27. The molecule has 0 radical (unpaired) electrons. The highest BCUT2D eigenvalue weighted by molar-refractivity contribution is 5.92. The summed E-state index contributed by atoms with van der Waals surface area (Å²) in [4.78, 5) is 21.2. The van der Waals surface area contributed by atoms with Crippen LogP contribution >= 0.6 is 0 Å². The standard InChI is InChI=1S/C21H26N4O/c1-16-4-2-7-18(14-16)24-10-12-25(13-11-24)19-8-9-20(22-15-19)23-21(26)17-5-3-6-17/h2,4,7-9,14-15,17H,3,5-6,10-13H2,1H3,(H,22,23,26). The number of nitrogens with one attached hydrogen (secondary N) is 1. The van der Waals surface area contributed by atoms with Crippen LogP contribution in [0, 0.1) is 12.8 Å². The second-order valence-corrected chi connectivity index (χ2v) is 7.33. The Labute approximate surface area is 155 Å². The third-order valence-electron chi connectivity index (χ3n) is 5.49. The first-order valence-corrected chi connectivity index (χ1v) is 9.52. The largest absolute Gasteiger partial charge is 0.368 e. The summed E-state index contributed by atoms with van der Waals surface area (Å²) in [7, 11) is 0. The molecule has 1 aromatic heterocycles. The number of aryl methyl sites for hydroxylation is 1. The van der Waals surface area contributed by atoms with Gasteiger partial charge in [0.05, 0.1) is 11.9 Å². The fourth-order valence-corrected chi connectivity index (χ4v) is 3.59. The minimum Gasteiger partial charge on any atom is -0.368 e. The van der Waals surface area contributed by atoms with Gasteiger partial charge in [0, 0.05) is 37.8 Å². The van der Waals surface area contributed by atoms with Crippen LogP contribution in [-0.2, 0) is 4.79 Å². The lowest BCUT2D eigenvalue weighted by Crippen LogP contribution is -2.46. The predicted molar refractivity (Wildman–Crippen MR) is 106 cm³/mol. The van der Waals surface area contributed by atoms with Gasteiger partial charge in [-0.1, -0.05) is 18.6 Å². The van der Waals surface area contributed by atoms with Crippen molar-refractivity contribution in [2.45, 2.75) is 26.2 Å². The molecular formula is C21H26N4O. The second-order valence-electron chi connectivity index (χ2n) is 7.33. The molecule has 4 rings (SSSR count). The molecule has 2 heterocycles. The molecule has 0 bridgehead atoms. The number of carbonyl (C=O) groups excluding carboxylic acids is 1. The van der Waals surface area contributed by atoms with Crippen molar-refractivity contribution in [3.05, 3.63) is 48.2 Å². The molecule has 1 saturated heterocycles. The van der Waals surface area contributed by atoms with Crippen molar-refractivity contribution in [3.8, 4) is 0 Å². The Morgan fingerprint density at radius 2 is 1.77 bits per heavy atom. The van der Waals surface area contributed by atoms with Crippen molar-refractivity contribution in [2.24, 2.45) is 5.92 Å². The maximum atomic E-state index is 12.0. The van der Waals surface area contributed by atoms with Crippen LogP contribution in [-0.4, -0.2) is 37.1 Å². The summed E-state index contributed by atoms with van der Waals surface area (Å²) < 4.78 is 0. The Kier molecular flexibility index (Phi) is 4.78. The summed E-state index contributed by atoms with van der Waals surface area (Å²) in [6.07, 6.45) is 5.06. The van der Waals surface area contributed by atoms with Crippen LogP contribution in [0.4, 0.5) is 17.2 Å². The molecule has 1 saturated carbocycles. The van der Waals surface area contributed by atoms with Gasteiger partial charge in [-0.25, -0.2) is 4.98 Å². The summed E-state index contributed by atoms with van der Waals surface area (Å²) in [5.41, 5.74) is 3.72. The van der Waals surface area contributed by atoms with Crippen molar-refractivity contribution < 1.29 is 4.79 Å². The van der Waals surface area contributed by atoms with Gasteiger partial charge in [0.1, 0.15) is 5.82 Å². The van der Waals surface area contributed by atoms with E-state index < -0.39 is 0 Å². The lowest BCUT2D eigenvalue weighted by Gasteiger charge is -2.37. The number of aromatic nitrogens is 1. The van der Waals surface area contributed by atoms with E-state index in [-0.39, 0.29) is 11.8 Å². The molecule has 1 N–H and O–H groups in total. The highest BCUT2D eigenvalue weighted by atomic mass is 16.2. The number of nitrogens with zero attached hydrogens (tertiary/aromatic N) is 3. The van der Waals surface area contributed by atoms with E-state index in [2.05, 4.69) is 57.4 Å². The van der Waals surface area contributed by atoms with Gasteiger partial charge < -0.3 is 15.1 Å². The van der Waals surface area contributed by atoms with Crippen molar-refractivity contribution in [1.29, 1.82) is 0 Å². The maximum absolute atomic E-state index is 12.0. The number of hydrogen-bond acceptors (Lipinski definition) is 4. The first-order valence-electron chi connectivity index (χ1n) is 9.52. The van der Waals surface area contributed by atoms with E-state index in [1.807, 2.05) is 12.3 Å². The zero-order chi connectivity index (χ0) is 17.9. The molecule has 2 aliphatic rings. The van der Waals surface area contributed by atoms with Crippen LogP contribution in [0.2, 0.25) is 0 Å².